The molecule has 0 bridgehead atoms. The highest BCUT2D eigenvalue weighted by atomic mass is 35.5. The van der Waals surface area contributed by atoms with Crippen LogP contribution in [0.15, 0.2) is 42.5 Å². The highest BCUT2D eigenvalue weighted by molar-refractivity contribution is 6.32. The molecule has 8 heteroatoms. The van der Waals surface area contributed by atoms with E-state index in [1.165, 1.54) is 36.4 Å². The SMILES string of the molecule is Cl.N[C@H](c1ccc(OC(F)(F)F)cc1)c1ccc(O)c(Cl)c1. The molecule has 0 aliphatic heterocycles. The largest absolute Gasteiger partial charge is 0.573 e. The van der Waals surface area contributed by atoms with E-state index in [2.05, 4.69) is 4.74 Å². The number of phenolic OH excluding ortho intramolecular Hbond substituents is 1. The van der Waals surface area contributed by atoms with Gasteiger partial charge in [0.15, 0.2) is 0 Å². The van der Waals surface area contributed by atoms with Crippen molar-refractivity contribution in [3.63, 3.8) is 0 Å². The van der Waals surface area contributed by atoms with Gasteiger partial charge >= 0.3 is 6.36 Å². The highest BCUT2D eigenvalue weighted by Gasteiger charge is 2.31. The number of hydrogen-bond acceptors (Lipinski definition) is 3. The standard InChI is InChI=1S/C14H11ClF3NO2.ClH/c15-11-7-9(3-6-12(11)20)13(19)8-1-4-10(5-2-8)21-14(16,17)18;/h1-7,13,20H,19H2;1H/t13-;/m1./s1. The number of ether oxygens (including phenoxy) is 1. The van der Waals surface area contributed by atoms with E-state index in [1.54, 1.807) is 6.07 Å². The fraction of sp³-hybridized carbons (Fsp3) is 0.143. The Kier molecular flexibility index (Phi) is 5.93. The Hall–Kier alpha value is -1.63. The summed E-state index contributed by atoms with van der Waals surface area (Å²) in [5.41, 5.74) is 7.23. The number of rotatable bonds is 3. The molecular weight excluding hydrogens is 342 g/mol. The van der Waals surface area contributed by atoms with Crippen molar-refractivity contribution >= 4 is 24.0 Å². The minimum absolute atomic E-state index is 0. The van der Waals surface area contributed by atoms with Gasteiger partial charge in [-0.3, -0.25) is 0 Å². The van der Waals surface area contributed by atoms with Gasteiger partial charge in [-0.25, -0.2) is 0 Å². The van der Waals surface area contributed by atoms with Crippen LogP contribution in [-0.4, -0.2) is 11.5 Å². The van der Waals surface area contributed by atoms with Crippen LogP contribution < -0.4 is 10.5 Å². The van der Waals surface area contributed by atoms with Gasteiger partial charge in [-0.15, -0.1) is 25.6 Å². The van der Waals surface area contributed by atoms with Gasteiger partial charge in [0, 0.05) is 0 Å². The number of halogens is 5. The van der Waals surface area contributed by atoms with Crippen molar-refractivity contribution in [1.29, 1.82) is 0 Å². The summed E-state index contributed by atoms with van der Waals surface area (Å²) in [6.45, 7) is 0. The number of hydrogen-bond donors (Lipinski definition) is 2. The summed E-state index contributed by atoms with van der Waals surface area (Å²) in [6, 6.07) is 9.16. The average molecular weight is 354 g/mol. The molecule has 3 N–H and O–H groups in total. The first-order valence-electron chi connectivity index (χ1n) is 5.86. The van der Waals surface area contributed by atoms with Crippen LogP contribution in [0.25, 0.3) is 0 Å². The van der Waals surface area contributed by atoms with Crippen molar-refractivity contribution in [3.05, 3.63) is 58.6 Å². The lowest BCUT2D eigenvalue weighted by molar-refractivity contribution is -0.274. The molecule has 3 nitrogen and oxygen atoms in total. The van der Waals surface area contributed by atoms with Gasteiger partial charge in [0.25, 0.3) is 0 Å². The van der Waals surface area contributed by atoms with Crippen LogP contribution in [0.3, 0.4) is 0 Å². The van der Waals surface area contributed by atoms with Crippen LogP contribution >= 0.6 is 24.0 Å². The minimum atomic E-state index is -4.73. The molecule has 2 aromatic rings. The third kappa shape index (κ3) is 4.69. The normalized spacial score (nSPS) is 12.4. The summed E-state index contributed by atoms with van der Waals surface area (Å²) in [6.07, 6.45) is -4.73. The molecule has 0 unspecified atom stereocenters. The molecule has 120 valence electrons. The molecule has 0 saturated heterocycles. The molecule has 0 spiro atoms. The molecule has 2 aromatic carbocycles. The molecule has 0 heterocycles. The maximum Gasteiger partial charge on any atom is 0.573 e. The first-order valence-corrected chi connectivity index (χ1v) is 6.24. The minimum Gasteiger partial charge on any atom is -0.506 e. The van der Waals surface area contributed by atoms with E-state index < -0.39 is 12.4 Å². The first kappa shape index (κ1) is 18.4. The van der Waals surface area contributed by atoms with Crippen molar-refractivity contribution in [3.8, 4) is 11.5 Å². The fourth-order valence-corrected chi connectivity index (χ4v) is 1.97. The lowest BCUT2D eigenvalue weighted by atomic mass is 9.99. The molecule has 22 heavy (non-hydrogen) atoms. The van der Waals surface area contributed by atoms with Gasteiger partial charge in [0.1, 0.15) is 11.5 Å². The monoisotopic (exact) mass is 353 g/mol. The summed E-state index contributed by atoms with van der Waals surface area (Å²) >= 11 is 5.79. The molecule has 0 aromatic heterocycles. The molecule has 0 amide bonds. The third-order valence-corrected chi connectivity index (χ3v) is 3.11. The topological polar surface area (TPSA) is 55.5 Å². The van der Waals surface area contributed by atoms with Crippen LogP contribution in [0, 0.1) is 0 Å². The van der Waals surface area contributed by atoms with Crippen molar-refractivity contribution in [2.75, 3.05) is 0 Å². The molecule has 2 rings (SSSR count). The van der Waals surface area contributed by atoms with Gasteiger partial charge < -0.3 is 15.6 Å². The second-order valence-corrected chi connectivity index (χ2v) is 4.71. The maximum absolute atomic E-state index is 12.1. The van der Waals surface area contributed by atoms with E-state index in [9.17, 15) is 18.3 Å². The summed E-state index contributed by atoms with van der Waals surface area (Å²) in [7, 11) is 0. The Balaban J connectivity index is 0.00000242. The van der Waals surface area contributed by atoms with Gasteiger partial charge in [-0.1, -0.05) is 29.8 Å². The van der Waals surface area contributed by atoms with Crippen molar-refractivity contribution < 1.29 is 23.0 Å². The van der Waals surface area contributed by atoms with Crippen LogP contribution in [0.1, 0.15) is 17.2 Å². The Morgan fingerprint density at radius 3 is 2.09 bits per heavy atom. The molecule has 1 atom stereocenters. The van der Waals surface area contributed by atoms with E-state index in [0.29, 0.717) is 11.1 Å². The second-order valence-electron chi connectivity index (χ2n) is 4.31. The van der Waals surface area contributed by atoms with Crippen LogP contribution in [-0.2, 0) is 0 Å². The van der Waals surface area contributed by atoms with Crippen LogP contribution in [0.4, 0.5) is 13.2 Å². The summed E-state index contributed by atoms with van der Waals surface area (Å²) in [5.74, 6) is -0.385. The zero-order valence-corrected chi connectivity index (χ0v) is 12.5. The smallest absolute Gasteiger partial charge is 0.506 e. The quantitative estimate of drug-likeness (QED) is 0.858. The zero-order valence-electron chi connectivity index (χ0n) is 11.0. The first-order chi connectivity index (χ1) is 9.76. The lowest BCUT2D eigenvalue weighted by Crippen LogP contribution is -2.17. The van der Waals surface area contributed by atoms with Gasteiger partial charge in [-0.2, -0.15) is 0 Å². The zero-order chi connectivity index (χ0) is 15.6. The lowest BCUT2D eigenvalue weighted by Gasteiger charge is -2.14. The Morgan fingerprint density at radius 1 is 1.05 bits per heavy atom. The Bertz CT molecular complexity index is 633. The molecule has 0 saturated carbocycles. The molecule has 0 aliphatic rings. The second kappa shape index (κ2) is 7.09. The Labute approximate surface area is 135 Å². The van der Waals surface area contributed by atoms with Crippen molar-refractivity contribution in [1.82, 2.24) is 0 Å². The van der Waals surface area contributed by atoms with E-state index in [4.69, 9.17) is 17.3 Å². The van der Waals surface area contributed by atoms with Gasteiger partial charge in [0.05, 0.1) is 11.1 Å². The number of alkyl halides is 3. The number of phenols is 1. The average Bonchev–Trinajstić information content (AvgIpc) is 2.40. The fourth-order valence-electron chi connectivity index (χ4n) is 1.79. The number of benzene rings is 2. The third-order valence-electron chi connectivity index (χ3n) is 2.80. The van der Waals surface area contributed by atoms with E-state index in [0.717, 1.165) is 0 Å². The van der Waals surface area contributed by atoms with Gasteiger partial charge in [0.2, 0.25) is 0 Å². The van der Waals surface area contributed by atoms with E-state index in [1.807, 2.05) is 0 Å². The molecule has 0 fully saturated rings. The van der Waals surface area contributed by atoms with Gasteiger partial charge in [-0.05, 0) is 35.4 Å². The van der Waals surface area contributed by atoms with E-state index in [-0.39, 0.29) is 28.9 Å². The van der Waals surface area contributed by atoms with E-state index >= 15 is 0 Å². The maximum atomic E-state index is 12.1. The van der Waals surface area contributed by atoms with Crippen molar-refractivity contribution in [2.45, 2.75) is 12.4 Å². The summed E-state index contributed by atoms with van der Waals surface area (Å²) < 4.78 is 40.0. The number of nitrogens with two attached hydrogens (primary N) is 1. The molecule has 0 radical (unpaired) electrons. The Morgan fingerprint density at radius 2 is 1.59 bits per heavy atom. The summed E-state index contributed by atoms with van der Waals surface area (Å²) in [4.78, 5) is 0. The van der Waals surface area contributed by atoms with Crippen LogP contribution in [0.2, 0.25) is 5.02 Å². The summed E-state index contributed by atoms with van der Waals surface area (Å²) in [5, 5.41) is 9.50. The molecule has 0 aliphatic carbocycles. The van der Waals surface area contributed by atoms with Crippen molar-refractivity contribution in [2.24, 2.45) is 5.73 Å². The predicted molar refractivity (Wildman–Crippen MR) is 79.5 cm³/mol. The predicted octanol–water partition coefficient (Wildman–Crippen LogP) is 4.41. The number of aromatic hydroxyl groups is 1. The highest BCUT2D eigenvalue weighted by Crippen LogP contribution is 2.30. The van der Waals surface area contributed by atoms with Crippen LogP contribution in [0.5, 0.6) is 11.5 Å². The molecular formula is C14H12Cl2F3NO2.